The second kappa shape index (κ2) is 7.95. The number of hydrogen-bond acceptors (Lipinski definition) is 7. The third-order valence-corrected chi connectivity index (χ3v) is 5.79. The lowest BCUT2D eigenvalue weighted by Gasteiger charge is -2.15. The molecule has 0 radical (unpaired) electrons. The van der Waals surface area contributed by atoms with Crippen molar-refractivity contribution < 1.29 is 26.7 Å². The first-order valence-electron chi connectivity index (χ1n) is 8.12. The SMILES string of the molecule is COc1ccc(-c2nnc(CN(C)S(=O)(=O)c3ccc(F)cc3)o2)cc1OC. The molecular formula is C18H18FN3O5S. The van der Waals surface area contributed by atoms with Crippen LogP contribution in [0.1, 0.15) is 5.89 Å². The van der Waals surface area contributed by atoms with Gasteiger partial charge in [0.25, 0.3) is 0 Å². The molecule has 0 aliphatic carbocycles. The summed E-state index contributed by atoms with van der Waals surface area (Å²) in [4.78, 5) is -0.0315. The number of aromatic nitrogens is 2. The van der Waals surface area contributed by atoms with Gasteiger partial charge in [0.1, 0.15) is 5.82 Å². The molecule has 1 heterocycles. The van der Waals surface area contributed by atoms with Crippen LogP contribution in [-0.4, -0.2) is 44.2 Å². The Bertz CT molecular complexity index is 1070. The molecule has 0 saturated heterocycles. The van der Waals surface area contributed by atoms with Gasteiger partial charge in [-0.1, -0.05) is 0 Å². The van der Waals surface area contributed by atoms with Gasteiger partial charge in [0.05, 0.1) is 25.7 Å². The standard InChI is InChI=1S/C18H18FN3O5S/c1-22(28(23,24)14-7-5-13(19)6-8-14)11-17-20-21-18(27-17)12-4-9-15(25-2)16(10-12)26-3/h4-10H,11H2,1-3H3. The number of rotatable bonds is 7. The van der Waals surface area contributed by atoms with E-state index in [0.717, 1.165) is 16.4 Å². The zero-order chi connectivity index (χ0) is 20.3. The van der Waals surface area contributed by atoms with Crippen LogP contribution in [0.25, 0.3) is 11.5 Å². The fraction of sp³-hybridized carbons (Fsp3) is 0.222. The number of nitrogens with zero attached hydrogens (tertiary/aromatic N) is 3. The van der Waals surface area contributed by atoms with Gasteiger partial charge in [-0.05, 0) is 42.5 Å². The Labute approximate surface area is 161 Å². The molecule has 0 aliphatic rings. The van der Waals surface area contributed by atoms with Crippen molar-refractivity contribution in [2.45, 2.75) is 11.4 Å². The first-order chi connectivity index (χ1) is 13.3. The summed E-state index contributed by atoms with van der Waals surface area (Å²) < 4.78 is 55.2. The fourth-order valence-corrected chi connectivity index (χ4v) is 3.59. The molecule has 0 amide bonds. The van der Waals surface area contributed by atoms with Gasteiger partial charge in [-0.2, -0.15) is 4.31 Å². The quantitative estimate of drug-likeness (QED) is 0.594. The van der Waals surface area contributed by atoms with Crippen LogP contribution in [-0.2, 0) is 16.6 Å². The zero-order valence-electron chi connectivity index (χ0n) is 15.4. The Morgan fingerprint density at radius 1 is 1.04 bits per heavy atom. The van der Waals surface area contributed by atoms with Crippen molar-refractivity contribution in [1.29, 1.82) is 0 Å². The average molecular weight is 407 g/mol. The minimum absolute atomic E-state index is 0.0315. The second-order valence-electron chi connectivity index (χ2n) is 5.79. The molecule has 0 bridgehead atoms. The molecule has 10 heteroatoms. The van der Waals surface area contributed by atoms with Gasteiger partial charge in [0, 0.05) is 12.6 Å². The highest BCUT2D eigenvalue weighted by atomic mass is 32.2. The lowest BCUT2D eigenvalue weighted by Crippen LogP contribution is -2.26. The van der Waals surface area contributed by atoms with Crippen LogP contribution < -0.4 is 9.47 Å². The molecular weight excluding hydrogens is 389 g/mol. The predicted molar refractivity (Wildman–Crippen MR) is 97.9 cm³/mol. The molecule has 0 fully saturated rings. The van der Waals surface area contributed by atoms with Crippen molar-refractivity contribution in [3.8, 4) is 23.0 Å². The smallest absolute Gasteiger partial charge is 0.247 e. The van der Waals surface area contributed by atoms with Crippen LogP contribution in [0.2, 0.25) is 0 Å². The van der Waals surface area contributed by atoms with Crippen LogP contribution in [0.5, 0.6) is 11.5 Å². The number of sulfonamides is 1. The third-order valence-electron chi connectivity index (χ3n) is 3.98. The monoisotopic (exact) mass is 407 g/mol. The first kappa shape index (κ1) is 19.8. The summed E-state index contributed by atoms with van der Waals surface area (Å²) >= 11 is 0. The van der Waals surface area contributed by atoms with Gasteiger partial charge >= 0.3 is 0 Å². The number of hydrogen-bond donors (Lipinski definition) is 0. The highest BCUT2D eigenvalue weighted by Crippen LogP contribution is 2.31. The van der Waals surface area contributed by atoms with E-state index in [1.165, 1.54) is 33.4 Å². The maximum absolute atomic E-state index is 13.0. The predicted octanol–water partition coefficient (Wildman–Crippen LogP) is 2.71. The first-order valence-corrected chi connectivity index (χ1v) is 9.56. The number of methoxy groups -OCH3 is 2. The molecule has 2 aromatic carbocycles. The van der Waals surface area contributed by atoms with Crippen LogP contribution in [0.3, 0.4) is 0 Å². The molecule has 0 atom stereocenters. The van der Waals surface area contributed by atoms with Crippen LogP contribution in [0, 0.1) is 5.82 Å². The normalized spacial score (nSPS) is 11.6. The van der Waals surface area contributed by atoms with E-state index in [1.54, 1.807) is 18.2 Å². The van der Waals surface area contributed by atoms with Crippen molar-refractivity contribution in [2.24, 2.45) is 0 Å². The minimum Gasteiger partial charge on any atom is -0.493 e. The summed E-state index contributed by atoms with van der Waals surface area (Å²) in [5, 5.41) is 7.85. The molecule has 148 valence electrons. The minimum atomic E-state index is -3.83. The molecule has 28 heavy (non-hydrogen) atoms. The Hall–Kier alpha value is -2.98. The summed E-state index contributed by atoms with van der Waals surface area (Å²) in [5.41, 5.74) is 0.598. The summed E-state index contributed by atoms with van der Waals surface area (Å²) in [6.45, 7) is -0.139. The largest absolute Gasteiger partial charge is 0.493 e. The van der Waals surface area contributed by atoms with E-state index in [1.807, 2.05) is 0 Å². The van der Waals surface area contributed by atoms with Crippen LogP contribution in [0.4, 0.5) is 4.39 Å². The third kappa shape index (κ3) is 3.97. The Kier molecular flexibility index (Phi) is 5.61. The lowest BCUT2D eigenvalue weighted by atomic mass is 10.2. The van der Waals surface area contributed by atoms with E-state index < -0.39 is 15.8 Å². The topological polar surface area (TPSA) is 94.8 Å². The highest BCUT2D eigenvalue weighted by Gasteiger charge is 2.23. The van der Waals surface area contributed by atoms with Crippen molar-refractivity contribution in [1.82, 2.24) is 14.5 Å². The lowest BCUT2D eigenvalue weighted by molar-refractivity contribution is 0.355. The van der Waals surface area contributed by atoms with Gasteiger partial charge in [-0.15, -0.1) is 10.2 Å². The summed E-state index contributed by atoms with van der Waals surface area (Å²) in [5.74, 6) is 0.853. The van der Waals surface area contributed by atoms with E-state index in [4.69, 9.17) is 13.9 Å². The summed E-state index contributed by atoms with van der Waals surface area (Å²) in [7, 11) is 0.585. The van der Waals surface area contributed by atoms with Crippen molar-refractivity contribution in [3.63, 3.8) is 0 Å². The van der Waals surface area contributed by atoms with Crippen LogP contribution >= 0.6 is 0 Å². The molecule has 1 aromatic heterocycles. The maximum Gasteiger partial charge on any atom is 0.247 e. The Balaban J connectivity index is 1.80. The summed E-state index contributed by atoms with van der Waals surface area (Å²) in [6.07, 6.45) is 0. The van der Waals surface area contributed by atoms with Crippen molar-refractivity contribution in [3.05, 3.63) is 54.2 Å². The molecule has 0 aliphatic heterocycles. The Morgan fingerprint density at radius 3 is 2.36 bits per heavy atom. The fourth-order valence-electron chi connectivity index (χ4n) is 2.47. The maximum atomic E-state index is 13.0. The van der Waals surface area contributed by atoms with E-state index in [-0.39, 0.29) is 23.2 Å². The number of ether oxygens (including phenoxy) is 2. The van der Waals surface area contributed by atoms with Crippen molar-refractivity contribution >= 4 is 10.0 Å². The molecule has 0 unspecified atom stereocenters. The van der Waals surface area contributed by atoms with E-state index >= 15 is 0 Å². The van der Waals surface area contributed by atoms with Gasteiger partial charge in [0.15, 0.2) is 11.5 Å². The van der Waals surface area contributed by atoms with Crippen molar-refractivity contribution in [2.75, 3.05) is 21.3 Å². The van der Waals surface area contributed by atoms with Gasteiger partial charge in [0.2, 0.25) is 21.8 Å². The molecule has 8 nitrogen and oxygen atoms in total. The number of benzene rings is 2. The molecule has 0 spiro atoms. The molecule has 0 N–H and O–H groups in total. The van der Waals surface area contributed by atoms with Crippen LogP contribution in [0.15, 0.2) is 51.8 Å². The summed E-state index contributed by atoms with van der Waals surface area (Å²) in [6, 6.07) is 9.66. The molecule has 3 aromatic rings. The number of halogens is 1. The highest BCUT2D eigenvalue weighted by molar-refractivity contribution is 7.89. The molecule has 3 rings (SSSR count). The average Bonchev–Trinajstić information content (AvgIpc) is 3.16. The van der Waals surface area contributed by atoms with Gasteiger partial charge in [-0.3, -0.25) is 0 Å². The van der Waals surface area contributed by atoms with E-state index in [2.05, 4.69) is 10.2 Å². The van der Waals surface area contributed by atoms with Gasteiger partial charge < -0.3 is 13.9 Å². The zero-order valence-corrected chi connectivity index (χ0v) is 16.2. The second-order valence-corrected chi connectivity index (χ2v) is 7.83. The molecule has 0 saturated carbocycles. The van der Waals surface area contributed by atoms with E-state index in [9.17, 15) is 12.8 Å². The Morgan fingerprint density at radius 2 is 1.71 bits per heavy atom. The van der Waals surface area contributed by atoms with E-state index in [0.29, 0.717) is 17.1 Å². The van der Waals surface area contributed by atoms with Gasteiger partial charge in [-0.25, -0.2) is 12.8 Å².